The van der Waals surface area contributed by atoms with Crippen LogP contribution in [0.3, 0.4) is 0 Å². The average Bonchev–Trinajstić information content (AvgIpc) is 2.75. The van der Waals surface area contributed by atoms with Gasteiger partial charge in [-0.2, -0.15) is 0 Å². The van der Waals surface area contributed by atoms with Crippen molar-refractivity contribution in [2.75, 3.05) is 0 Å². The number of Topliss-reactive ketones (excluding diaryl/α,β-unsaturated/α-hetero) is 1. The van der Waals surface area contributed by atoms with Crippen LogP contribution in [-0.2, 0) is 0 Å². The highest BCUT2D eigenvalue weighted by molar-refractivity contribution is 7.18. The first kappa shape index (κ1) is 12.1. The maximum Gasteiger partial charge on any atom is 0.176 e. The van der Waals surface area contributed by atoms with E-state index in [1.807, 2.05) is 12.1 Å². The Labute approximate surface area is 106 Å². The molecule has 16 heavy (non-hydrogen) atoms. The minimum absolute atomic E-state index is 0.244. The summed E-state index contributed by atoms with van der Waals surface area (Å²) in [6.45, 7) is 2.19. The molecule has 0 bridgehead atoms. The van der Waals surface area contributed by atoms with Crippen LogP contribution in [0.25, 0.3) is 0 Å². The van der Waals surface area contributed by atoms with Crippen LogP contribution in [0.4, 0.5) is 0 Å². The van der Waals surface area contributed by atoms with Gasteiger partial charge in [-0.25, -0.2) is 0 Å². The van der Waals surface area contributed by atoms with E-state index in [2.05, 4.69) is 6.92 Å². The van der Waals surface area contributed by atoms with Crippen LogP contribution in [0.2, 0.25) is 4.34 Å². The summed E-state index contributed by atoms with van der Waals surface area (Å²) in [6.07, 6.45) is 5.88. The largest absolute Gasteiger partial charge is 0.293 e. The number of hydrogen-bond acceptors (Lipinski definition) is 2. The van der Waals surface area contributed by atoms with E-state index in [-0.39, 0.29) is 5.92 Å². The normalized spacial score (nSPS) is 25.6. The molecule has 2 rings (SSSR count). The molecule has 0 amide bonds. The Kier molecular flexibility index (Phi) is 4.04. The molecule has 1 fully saturated rings. The first-order chi connectivity index (χ1) is 7.72. The molecule has 0 spiro atoms. The molecule has 1 saturated carbocycles. The molecule has 0 aliphatic heterocycles. The van der Waals surface area contributed by atoms with Crippen LogP contribution in [0.5, 0.6) is 0 Å². The van der Waals surface area contributed by atoms with E-state index in [4.69, 9.17) is 11.6 Å². The number of carbonyl (C=O) groups is 1. The van der Waals surface area contributed by atoms with Crippen molar-refractivity contribution >= 4 is 28.7 Å². The lowest BCUT2D eigenvalue weighted by Gasteiger charge is -2.29. The first-order valence-corrected chi connectivity index (χ1v) is 7.21. The monoisotopic (exact) mass is 256 g/mol. The summed E-state index contributed by atoms with van der Waals surface area (Å²) in [7, 11) is 0. The number of rotatable bonds is 3. The quantitative estimate of drug-likeness (QED) is 0.710. The molecule has 1 aliphatic rings. The summed E-state index contributed by atoms with van der Waals surface area (Å²) in [5.41, 5.74) is 0. The molecular weight excluding hydrogens is 240 g/mol. The van der Waals surface area contributed by atoms with Gasteiger partial charge >= 0.3 is 0 Å². The SMILES string of the molecule is CCC1CCCCC1C(=O)c1ccc(Cl)s1. The van der Waals surface area contributed by atoms with Gasteiger partial charge in [-0.3, -0.25) is 4.79 Å². The number of hydrogen-bond donors (Lipinski definition) is 0. The van der Waals surface area contributed by atoms with Gasteiger partial charge in [0.2, 0.25) is 0 Å². The topological polar surface area (TPSA) is 17.1 Å². The number of thiophene rings is 1. The van der Waals surface area contributed by atoms with Crippen LogP contribution in [0, 0.1) is 11.8 Å². The Morgan fingerprint density at radius 1 is 1.44 bits per heavy atom. The molecule has 3 heteroatoms. The molecule has 1 aromatic rings. The summed E-state index contributed by atoms with van der Waals surface area (Å²) in [6, 6.07) is 3.69. The Morgan fingerprint density at radius 2 is 2.19 bits per heavy atom. The van der Waals surface area contributed by atoms with Gasteiger partial charge in [0.25, 0.3) is 0 Å². The molecular formula is C13H17ClOS. The maximum absolute atomic E-state index is 12.3. The molecule has 2 atom stereocenters. The van der Waals surface area contributed by atoms with E-state index in [9.17, 15) is 4.79 Å². The highest BCUT2D eigenvalue weighted by Gasteiger charge is 2.30. The van der Waals surface area contributed by atoms with E-state index < -0.39 is 0 Å². The van der Waals surface area contributed by atoms with E-state index >= 15 is 0 Å². The lowest BCUT2D eigenvalue weighted by molar-refractivity contribution is 0.0825. The zero-order chi connectivity index (χ0) is 11.5. The van der Waals surface area contributed by atoms with Crippen LogP contribution < -0.4 is 0 Å². The van der Waals surface area contributed by atoms with Crippen LogP contribution >= 0.6 is 22.9 Å². The Bertz CT molecular complexity index is 372. The maximum atomic E-state index is 12.3. The minimum atomic E-state index is 0.244. The van der Waals surface area contributed by atoms with E-state index in [0.29, 0.717) is 16.0 Å². The number of carbonyl (C=O) groups excluding carboxylic acids is 1. The molecule has 1 nitrogen and oxygen atoms in total. The fraction of sp³-hybridized carbons (Fsp3) is 0.615. The lowest BCUT2D eigenvalue weighted by Crippen LogP contribution is -2.26. The van der Waals surface area contributed by atoms with Gasteiger partial charge < -0.3 is 0 Å². The molecule has 0 radical (unpaired) electrons. The Hall–Kier alpha value is -0.340. The number of halogens is 1. The van der Waals surface area contributed by atoms with Gasteiger partial charge in [0.1, 0.15) is 0 Å². The summed E-state index contributed by atoms with van der Waals surface area (Å²) in [5, 5.41) is 0. The van der Waals surface area contributed by atoms with Crippen molar-refractivity contribution < 1.29 is 4.79 Å². The van der Waals surface area contributed by atoms with Gasteiger partial charge in [0, 0.05) is 5.92 Å². The van der Waals surface area contributed by atoms with Gasteiger partial charge in [-0.15, -0.1) is 11.3 Å². The van der Waals surface area contributed by atoms with Crippen molar-refractivity contribution in [2.24, 2.45) is 11.8 Å². The second-order valence-electron chi connectivity index (χ2n) is 4.53. The smallest absolute Gasteiger partial charge is 0.176 e. The summed E-state index contributed by atoms with van der Waals surface area (Å²) >= 11 is 7.30. The zero-order valence-corrected chi connectivity index (χ0v) is 11.1. The first-order valence-electron chi connectivity index (χ1n) is 6.02. The third kappa shape index (κ3) is 2.49. The molecule has 1 heterocycles. The van der Waals surface area contributed by atoms with Crippen molar-refractivity contribution in [1.82, 2.24) is 0 Å². The predicted octanol–water partition coefficient (Wildman–Crippen LogP) is 4.80. The highest BCUT2D eigenvalue weighted by atomic mass is 35.5. The predicted molar refractivity (Wildman–Crippen MR) is 69.4 cm³/mol. The average molecular weight is 257 g/mol. The fourth-order valence-corrected chi connectivity index (χ4v) is 3.72. The van der Waals surface area contributed by atoms with Crippen molar-refractivity contribution in [3.05, 3.63) is 21.3 Å². The van der Waals surface area contributed by atoms with Gasteiger partial charge in [-0.1, -0.05) is 37.8 Å². The van der Waals surface area contributed by atoms with Crippen LogP contribution in [0.1, 0.15) is 48.7 Å². The van der Waals surface area contributed by atoms with Crippen LogP contribution in [-0.4, -0.2) is 5.78 Å². The lowest BCUT2D eigenvalue weighted by atomic mass is 9.75. The van der Waals surface area contributed by atoms with E-state index in [0.717, 1.165) is 17.7 Å². The van der Waals surface area contributed by atoms with E-state index in [1.54, 1.807) is 0 Å². The Balaban J connectivity index is 2.13. The van der Waals surface area contributed by atoms with Gasteiger partial charge in [0.15, 0.2) is 5.78 Å². The van der Waals surface area contributed by atoms with Crippen molar-refractivity contribution in [2.45, 2.75) is 39.0 Å². The summed E-state index contributed by atoms with van der Waals surface area (Å²) in [4.78, 5) is 13.2. The van der Waals surface area contributed by atoms with Crippen molar-refractivity contribution in [1.29, 1.82) is 0 Å². The van der Waals surface area contributed by atoms with E-state index in [1.165, 1.54) is 30.6 Å². The van der Waals surface area contributed by atoms with Gasteiger partial charge in [-0.05, 0) is 30.9 Å². The molecule has 0 saturated heterocycles. The van der Waals surface area contributed by atoms with Crippen LogP contribution in [0.15, 0.2) is 12.1 Å². The molecule has 88 valence electrons. The molecule has 2 unspecified atom stereocenters. The Morgan fingerprint density at radius 3 is 2.81 bits per heavy atom. The molecule has 0 aromatic carbocycles. The van der Waals surface area contributed by atoms with Crippen molar-refractivity contribution in [3.63, 3.8) is 0 Å². The second kappa shape index (κ2) is 5.33. The van der Waals surface area contributed by atoms with Gasteiger partial charge in [0.05, 0.1) is 9.21 Å². The third-order valence-corrected chi connectivity index (χ3v) is 4.83. The van der Waals surface area contributed by atoms with Crippen molar-refractivity contribution in [3.8, 4) is 0 Å². The second-order valence-corrected chi connectivity index (χ2v) is 6.24. The molecule has 1 aromatic heterocycles. The molecule has 0 N–H and O–H groups in total. The zero-order valence-electron chi connectivity index (χ0n) is 9.54. The fourth-order valence-electron chi connectivity index (χ4n) is 2.67. The third-order valence-electron chi connectivity index (χ3n) is 3.59. The summed E-state index contributed by atoms with van der Waals surface area (Å²) < 4.78 is 0.715. The standard InChI is InChI=1S/C13H17ClOS/c1-2-9-5-3-4-6-10(9)13(15)11-7-8-12(14)16-11/h7-10H,2-6H2,1H3. The summed E-state index contributed by atoms with van der Waals surface area (Å²) in [5.74, 6) is 1.15. The highest BCUT2D eigenvalue weighted by Crippen LogP contribution is 2.36. The number of ketones is 1. The molecule has 1 aliphatic carbocycles. The minimum Gasteiger partial charge on any atom is -0.293 e.